The molecule has 1 aliphatic rings. The van der Waals surface area contributed by atoms with Crippen molar-refractivity contribution in [3.8, 4) is 0 Å². The van der Waals surface area contributed by atoms with Gasteiger partial charge in [-0.05, 0) is 29.7 Å². The van der Waals surface area contributed by atoms with E-state index in [0.29, 0.717) is 17.0 Å². The standard InChI is InChI=1S/C20H13F6NO2S2/c21-19(22,23)18(29,20(24,25)26)12-5-6-13-15(10-12)30-8-7-27(13)17(28)16-9-11-3-1-2-4-14(11)31-16/h1-6,9-10,29H,7-8H2. The molecule has 11 heteroatoms. The molecule has 0 saturated carbocycles. The van der Waals surface area contributed by atoms with Crippen molar-refractivity contribution in [2.24, 2.45) is 0 Å². The Hall–Kier alpha value is -2.24. The van der Waals surface area contributed by atoms with E-state index in [4.69, 9.17) is 0 Å². The summed E-state index contributed by atoms with van der Waals surface area (Å²) in [7, 11) is 0. The third kappa shape index (κ3) is 3.58. The molecule has 0 aliphatic carbocycles. The molecule has 0 spiro atoms. The molecule has 0 saturated heterocycles. The van der Waals surface area contributed by atoms with Gasteiger partial charge in [0.1, 0.15) is 0 Å². The van der Waals surface area contributed by atoms with Crippen molar-refractivity contribution in [2.75, 3.05) is 17.2 Å². The van der Waals surface area contributed by atoms with Gasteiger partial charge in [0.15, 0.2) is 0 Å². The number of carbonyl (C=O) groups is 1. The summed E-state index contributed by atoms with van der Waals surface area (Å²) in [5.41, 5.74) is -6.14. The predicted octanol–water partition coefficient (Wildman–Crippen LogP) is 5.97. The molecule has 0 radical (unpaired) electrons. The van der Waals surface area contributed by atoms with Crippen LogP contribution in [0.4, 0.5) is 32.0 Å². The first-order valence-corrected chi connectivity index (χ1v) is 10.7. The normalized spacial score (nSPS) is 15.3. The molecule has 1 amide bonds. The van der Waals surface area contributed by atoms with E-state index in [1.807, 2.05) is 24.3 Å². The fourth-order valence-electron chi connectivity index (χ4n) is 3.36. The van der Waals surface area contributed by atoms with Gasteiger partial charge in [-0.25, -0.2) is 0 Å². The van der Waals surface area contributed by atoms with Crippen LogP contribution in [0.15, 0.2) is 53.4 Å². The number of thiophene rings is 1. The highest BCUT2D eigenvalue weighted by Gasteiger charge is 2.71. The second kappa shape index (κ2) is 7.42. The van der Waals surface area contributed by atoms with Gasteiger partial charge in [-0.2, -0.15) is 26.3 Å². The number of nitrogens with zero attached hydrogens (tertiary/aromatic N) is 1. The largest absolute Gasteiger partial charge is 0.430 e. The lowest BCUT2D eigenvalue weighted by Gasteiger charge is -2.34. The smallest absolute Gasteiger partial charge is 0.369 e. The Morgan fingerprint density at radius 1 is 0.968 bits per heavy atom. The Morgan fingerprint density at radius 2 is 1.65 bits per heavy atom. The van der Waals surface area contributed by atoms with Crippen molar-refractivity contribution in [1.82, 2.24) is 0 Å². The maximum absolute atomic E-state index is 13.2. The van der Waals surface area contributed by atoms with Crippen LogP contribution in [0.3, 0.4) is 0 Å². The van der Waals surface area contributed by atoms with Crippen molar-refractivity contribution in [3.05, 3.63) is 59.0 Å². The summed E-state index contributed by atoms with van der Waals surface area (Å²) in [6.07, 6.45) is -11.9. The number of amides is 1. The summed E-state index contributed by atoms with van der Waals surface area (Å²) < 4.78 is 80.1. The molecule has 31 heavy (non-hydrogen) atoms. The number of carbonyl (C=O) groups excluding carboxylic acids is 1. The Morgan fingerprint density at radius 3 is 2.29 bits per heavy atom. The van der Waals surface area contributed by atoms with E-state index in [-0.39, 0.29) is 22.9 Å². The van der Waals surface area contributed by atoms with Gasteiger partial charge in [0.2, 0.25) is 0 Å². The van der Waals surface area contributed by atoms with Crippen molar-refractivity contribution >= 4 is 44.8 Å². The first kappa shape index (κ1) is 22.0. The van der Waals surface area contributed by atoms with Crippen LogP contribution < -0.4 is 4.90 Å². The molecule has 1 aromatic heterocycles. The fourth-order valence-corrected chi connectivity index (χ4v) is 5.41. The molecule has 164 valence electrons. The molecule has 3 nitrogen and oxygen atoms in total. The van der Waals surface area contributed by atoms with Gasteiger partial charge < -0.3 is 10.0 Å². The van der Waals surface area contributed by atoms with E-state index < -0.39 is 29.4 Å². The average molecular weight is 477 g/mol. The fraction of sp³-hybridized carbons (Fsp3) is 0.250. The number of anilines is 1. The van der Waals surface area contributed by atoms with Crippen LogP contribution in [0.25, 0.3) is 10.1 Å². The number of hydrogen-bond donors (Lipinski definition) is 1. The quantitative estimate of drug-likeness (QED) is 0.463. The van der Waals surface area contributed by atoms with Crippen molar-refractivity contribution in [3.63, 3.8) is 0 Å². The Balaban J connectivity index is 1.74. The lowest BCUT2D eigenvalue weighted by atomic mass is 9.92. The maximum atomic E-state index is 13.2. The highest BCUT2D eigenvalue weighted by atomic mass is 32.2. The van der Waals surface area contributed by atoms with E-state index in [2.05, 4.69) is 0 Å². The van der Waals surface area contributed by atoms with Crippen molar-refractivity contribution in [1.29, 1.82) is 0 Å². The molecule has 2 heterocycles. The summed E-state index contributed by atoms with van der Waals surface area (Å²) in [5.74, 6) is -0.110. The number of benzene rings is 2. The zero-order chi connectivity index (χ0) is 22.6. The van der Waals surface area contributed by atoms with Crippen LogP contribution >= 0.6 is 23.1 Å². The minimum Gasteiger partial charge on any atom is -0.369 e. The summed E-state index contributed by atoms with van der Waals surface area (Å²) in [6, 6.07) is 11.3. The number of rotatable bonds is 2. The molecule has 0 bridgehead atoms. The van der Waals surface area contributed by atoms with Crippen LogP contribution in [0.1, 0.15) is 15.2 Å². The average Bonchev–Trinajstić information content (AvgIpc) is 3.14. The third-order valence-electron chi connectivity index (χ3n) is 4.94. The van der Waals surface area contributed by atoms with E-state index in [1.54, 1.807) is 6.07 Å². The van der Waals surface area contributed by atoms with Gasteiger partial charge in [0.25, 0.3) is 11.5 Å². The Kier molecular flexibility index (Phi) is 5.26. The Labute approximate surface area is 180 Å². The molecule has 0 unspecified atom stereocenters. The second-order valence-electron chi connectivity index (χ2n) is 6.84. The topological polar surface area (TPSA) is 40.5 Å². The minimum atomic E-state index is -5.97. The van der Waals surface area contributed by atoms with Gasteiger partial charge in [0.05, 0.1) is 10.6 Å². The summed E-state index contributed by atoms with van der Waals surface area (Å²) in [5, 5.41) is 10.5. The number of alkyl halides is 6. The minimum absolute atomic E-state index is 0.0603. The molecule has 3 aromatic rings. The molecule has 0 atom stereocenters. The first-order chi connectivity index (χ1) is 14.4. The van der Waals surface area contributed by atoms with Crippen LogP contribution in [-0.4, -0.2) is 35.7 Å². The van der Waals surface area contributed by atoms with E-state index in [0.717, 1.165) is 27.9 Å². The number of halogens is 6. The van der Waals surface area contributed by atoms with Crippen LogP contribution in [0, 0.1) is 0 Å². The second-order valence-corrected chi connectivity index (χ2v) is 9.06. The number of fused-ring (bicyclic) bond motifs is 2. The summed E-state index contributed by atoms with van der Waals surface area (Å²) >= 11 is 2.28. The van der Waals surface area contributed by atoms with Crippen molar-refractivity contribution < 1.29 is 36.2 Å². The maximum Gasteiger partial charge on any atom is 0.430 e. The SMILES string of the molecule is O=C(c1cc2ccccc2s1)N1CCSc2cc(C(O)(C(F)(F)F)C(F)(F)F)ccc21. The van der Waals surface area contributed by atoms with Gasteiger partial charge >= 0.3 is 12.4 Å². The van der Waals surface area contributed by atoms with Crippen molar-refractivity contribution in [2.45, 2.75) is 22.8 Å². The van der Waals surface area contributed by atoms with E-state index in [1.165, 1.54) is 16.2 Å². The zero-order valence-electron chi connectivity index (χ0n) is 15.4. The molecule has 0 fully saturated rings. The predicted molar refractivity (Wildman–Crippen MR) is 107 cm³/mol. The monoisotopic (exact) mass is 477 g/mol. The molecule has 1 aliphatic heterocycles. The summed E-state index contributed by atoms with van der Waals surface area (Å²) in [4.78, 5) is 14.9. The third-order valence-corrected chi connectivity index (χ3v) is 7.07. The van der Waals surface area contributed by atoms with Gasteiger partial charge in [0, 0.05) is 27.5 Å². The molecule has 4 rings (SSSR count). The molecule has 1 N–H and O–H groups in total. The lowest BCUT2D eigenvalue weighted by Crippen LogP contribution is -2.54. The lowest BCUT2D eigenvalue weighted by molar-refractivity contribution is -0.376. The van der Waals surface area contributed by atoms with E-state index >= 15 is 0 Å². The first-order valence-electron chi connectivity index (χ1n) is 8.87. The summed E-state index contributed by atoms with van der Waals surface area (Å²) in [6.45, 7) is 0.243. The van der Waals surface area contributed by atoms with E-state index in [9.17, 15) is 36.2 Å². The molecular formula is C20H13F6NO2S2. The zero-order valence-corrected chi connectivity index (χ0v) is 17.1. The molecule has 2 aromatic carbocycles. The number of hydrogen-bond acceptors (Lipinski definition) is 4. The van der Waals surface area contributed by atoms with Gasteiger partial charge in [-0.3, -0.25) is 4.79 Å². The number of aliphatic hydroxyl groups is 1. The molecular weight excluding hydrogens is 464 g/mol. The number of thioether (sulfide) groups is 1. The van der Waals surface area contributed by atoms with Crippen LogP contribution in [-0.2, 0) is 5.60 Å². The van der Waals surface area contributed by atoms with Gasteiger partial charge in [-0.15, -0.1) is 23.1 Å². The van der Waals surface area contributed by atoms with Crippen LogP contribution in [0.5, 0.6) is 0 Å². The highest BCUT2D eigenvalue weighted by Crippen LogP contribution is 2.51. The van der Waals surface area contributed by atoms with Gasteiger partial charge in [-0.1, -0.05) is 24.3 Å². The highest BCUT2D eigenvalue weighted by molar-refractivity contribution is 7.99. The Bertz CT molecular complexity index is 1110. The van der Waals surface area contributed by atoms with Crippen LogP contribution in [0.2, 0.25) is 0 Å².